The highest BCUT2D eigenvalue weighted by molar-refractivity contribution is 6.30. The van der Waals surface area contributed by atoms with Crippen molar-refractivity contribution in [3.05, 3.63) is 0 Å². The number of alkyl halides is 1. The molecule has 7 N–H and O–H groups in total. The van der Waals surface area contributed by atoms with Gasteiger partial charge in [0, 0.05) is 13.0 Å². The number of likely N-dealkylation sites (tertiary alicyclic amines) is 1. The van der Waals surface area contributed by atoms with Crippen molar-refractivity contribution < 1.29 is 49.8 Å². The third-order valence-corrected chi connectivity index (χ3v) is 7.28. The number of hydrogen-bond acceptors (Lipinski definition) is 9. The Kier molecular flexibility index (Phi) is 11.8. The molecule has 8 atom stereocenters. The second kappa shape index (κ2) is 13.8. The normalized spacial score (nSPS) is 32.2. The van der Waals surface area contributed by atoms with Crippen LogP contribution in [0.3, 0.4) is 0 Å². The van der Waals surface area contributed by atoms with E-state index in [1.807, 2.05) is 0 Å². The minimum absolute atomic E-state index is 0.00394. The molecule has 0 bridgehead atoms. The number of rotatable bonds is 13. The van der Waals surface area contributed by atoms with Gasteiger partial charge in [-0.25, -0.2) is 0 Å². The van der Waals surface area contributed by atoms with Crippen LogP contribution in [0, 0.1) is 0 Å². The molecule has 1 unspecified atom stereocenters. The topological polar surface area (TPSA) is 197 Å². The molecule has 2 saturated heterocycles. The average Bonchev–Trinajstić information content (AvgIpc) is 3.34. The van der Waals surface area contributed by atoms with Crippen molar-refractivity contribution in [3.8, 4) is 0 Å². The van der Waals surface area contributed by atoms with Crippen LogP contribution in [-0.4, -0.2) is 114 Å². The molecule has 0 spiro atoms. The van der Waals surface area contributed by atoms with Crippen LogP contribution >= 0.6 is 11.6 Å². The molecule has 36 heavy (non-hydrogen) atoms. The van der Waals surface area contributed by atoms with E-state index in [4.69, 9.17) is 21.4 Å². The van der Waals surface area contributed by atoms with Gasteiger partial charge in [-0.15, -0.1) is 11.6 Å². The number of ether oxygens (including phenoxy) is 1. The average molecular weight is 539 g/mol. The van der Waals surface area contributed by atoms with Gasteiger partial charge in [-0.2, -0.15) is 0 Å². The van der Waals surface area contributed by atoms with Crippen molar-refractivity contribution in [1.29, 1.82) is 0 Å². The predicted molar refractivity (Wildman–Crippen MR) is 127 cm³/mol. The first-order valence-electron chi connectivity index (χ1n) is 12.5. The van der Waals surface area contributed by atoms with Crippen LogP contribution in [0.25, 0.3) is 0 Å². The molecule has 208 valence electrons. The third-order valence-electron chi connectivity index (χ3n) is 6.88. The van der Waals surface area contributed by atoms with Crippen molar-refractivity contribution in [2.75, 3.05) is 13.2 Å². The van der Waals surface area contributed by atoms with Gasteiger partial charge < -0.3 is 45.6 Å². The van der Waals surface area contributed by atoms with E-state index in [0.29, 0.717) is 45.1 Å². The zero-order valence-electron chi connectivity index (χ0n) is 20.5. The summed E-state index contributed by atoms with van der Waals surface area (Å²) < 4.78 is 5.24. The van der Waals surface area contributed by atoms with Crippen LogP contribution in [0.2, 0.25) is 0 Å². The molecule has 0 radical (unpaired) electrons. The second-order valence-corrected chi connectivity index (χ2v) is 10.2. The minimum atomic E-state index is -2.07. The van der Waals surface area contributed by atoms with Gasteiger partial charge in [0.05, 0.1) is 6.61 Å². The molecule has 0 aromatic rings. The zero-order valence-corrected chi connectivity index (χ0v) is 21.2. The maximum absolute atomic E-state index is 12.8. The number of nitrogens with zero attached hydrogens (tertiary/aromatic N) is 1. The van der Waals surface area contributed by atoms with Gasteiger partial charge in [0.15, 0.2) is 5.79 Å². The summed E-state index contributed by atoms with van der Waals surface area (Å²) in [5.74, 6) is -4.07. The van der Waals surface area contributed by atoms with E-state index in [2.05, 4.69) is 5.32 Å². The first kappa shape index (κ1) is 30.7. The van der Waals surface area contributed by atoms with Crippen LogP contribution in [-0.2, 0) is 19.1 Å². The Morgan fingerprint density at radius 3 is 2.39 bits per heavy atom. The number of unbranched alkanes of at least 4 members (excludes halogenated alkanes) is 4. The maximum atomic E-state index is 12.8. The lowest BCUT2D eigenvalue weighted by Crippen LogP contribution is -2.65. The minimum Gasteiger partial charge on any atom is -0.480 e. The molecule has 0 aliphatic carbocycles. The number of amides is 2. The number of carboxylic acid groups (broad SMARTS) is 1. The fourth-order valence-electron chi connectivity index (χ4n) is 4.64. The number of carboxylic acids is 1. The van der Waals surface area contributed by atoms with E-state index < -0.39 is 66.1 Å². The van der Waals surface area contributed by atoms with Gasteiger partial charge in [-0.05, 0) is 32.6 Å². The highest BCUT2D eigenvalue weighted by Crippen LogP contribution is 2.32. The number of aliphatic hydroxyl groups excluding tert-OH is 4. The molecule has 0 saturated carbocycles. The molecule has 13 heteroatoms. The molecule has 2 fully saturated rings. The van der Waals surface area contributed by atoms with Gasteiger partial charge in [-0.3, -0.25) is 14.4 Å². The molecule has 2 heterocycles. The van der Waals surface area contributed by atoms with Crippen LogP contribution in [0.5, 0.6) is 0 Å². The standard InChI is InChI=1S/C23H39ClN2O10/c1-13(22(33)34)25-20(31)15-9-7-11-26(15)21(32)14(24)8-5-3-2-4-6-10-23(35)19(30)18(29)17(28)16(12-27)36-23/h13-19,27-30,35H,2-12H2,1H3,(H,25,31)(H,33,34)/t13-,14-,15-,16+,17-,18-,19+,23?/m0/s1. The Bertz CT molecular complexity index is 756. The van der Waals surface area contributed by atoms with Crippen molar-refractivity contribution in [3.63, 3.8) is 0 Å². The summed E-state index contributed by atoms with van der Waals surface area (Å²) in [7, 11) is 0. The Morgan fingerprint density at radius 1 is 1.11 bits per heavy atom. The van der Waals surface area contributed by atoms with E-state index in [9.17, 15) is 39.9 Å². The van der Waals surface area contributed by atoms with E-state index in [1.54, 1.807) is 0 Å². The Morgan fingerprint density at radius 2 is 1.75 bits per heavy atom. The summed E-state index contributed by atoms with van der Waals surface area (Å²) in [4.78, 5) is 37.5. The monoisotopic (exact) mass is 538 g/mol. The van der Waals surface area contributed by atoms with Crippen LogP contribution in [0.15, 0.2) is 0 Å². The molecular formula is C23H39ClN2O10. The molecule has 2 rings (SSSR count). The number of carbonyl (C=O) groups excluding carboxylic acids is 2. The lowest BCUT2D eigenvalue weighted by atomic mass is 9.89. The van der Waals surface area contributed by atoms with Crippen LogP contribution in [0.4, 0.5) is 0 Å². The van der Waals surface area contributed by atoms with Crippen molar-refractivity contribution >= 4 is 29.4 Å². The Labute approximate surface area is 215 Å². The van der Waals surface area contributed by atoms with Gasteiger partial charge in [0.2, 0.25) is 11.8 Å². The van der Waals surface area contributed by atoms with E-state index >= 15 is 0 Å². The van der Waals surface area contributed by atoms with E-state index in [1.165, 1.54) is 11.8 Å². The highest BCUT2D eigenvalue weighted by Gasteiger charge is 2.52. The Balaban J connectivity index is 1.69. The molecule has 2 aliphatic rings. The number of aliphatic hydroxyl groups is 5. The number of nitrogens with one attached hydrogen (secondary N) is 1. The predicted octanol–water partition coefficient (Wildman–Crippen LogP) is -0.933. The number of halogens is 1. The smallest absolute Gasteiger partial charge is 0.325 e. The van der Waals surface area contributed by atoms with Gasteiger partial charge in [0.1, 0.15) is 41.9 Å². The SMILES string of the molecule is C[C@H](NC(=O)[C@@H]1CCCN1C(=O)[C@@H](Cl)CCCCCCCC1(O)O[C@H](CO)[C@H](O)[C@H](O)[C@H]1O)C(=O)O. The molecule has 2 amide bonds. The van der Waals surface area contributed by atoms with Crippen LogP contribution < -0.4 is 5.32 Å². The van der Waals surface area contributed by atoms with Crippen molar-refractivity contribution in [1.82, 2.24) is 10.2 Å². The highest BCUT2D eigenvalue weighted by atomic mass is 35.5. The fourth-order valence-corrected chi connectivity index (χ4v) is 4.92. The van der Waals surface area contributed by atoms with E-state index in [-0.39, 0.29) is 12.3 Å². The summed E-state index contributed by atoms with van der Waals surface area (Å²) in [5, 5.41) is 60.1. The largest absolute Gasteiger partial charge is 0.480 e. The molecule has 12 nitrogen and oxygen atoms in total. The maximum Gasteiger partial charge on any atom is 0.325 e. The zero-order chi connectivity index (χ0) is 27.0. The van der Waals surface area contributed by atoms with Crippen molar-refractivity contribution in [2.24, 2.45) is 0 Å². The second-order valence-electron chi connectivity index (χ2n) is 9.64. The summed E-state index contributed by atoms with van der Waals surface area (Å²) in [6, 6.07) is -1.78. The first-order valence-corrected chi connectivity index (χ1v) is 12.9. The van der Waals surface area contributed by atoms with Gasteiger partial charge in [0.25, 0.3) is 0 Å². The summed E-state index contributed by atoms with van der Waals surface area (Å²) in [6.45, 7) is 1.13. The fraction of sp³-hybridized carbons (Fsp3) is 0.870. The molecule has 2 aliphatic heterocycles. The van der Waals surface area contributed by atoms with E-state index in [0.717, 1.165) is 12.8 Å². The molecule has 0 aromatic heterocycles. The molecular weight excluding hydrogens is 500 g/mol. The summed E-state index contributed by atoms with van der Waals surface area (Å²) >= 11 is 6.31. The number of carbonyl (C=O) groups is 3. The summed E-state index contributed by atoms with van der Waals surface area (Å²) in [5.41, 5.74) is 0. The van der Waals surface area contributed by atoms with Crippen molar-refractivity contribution in [2.45, 2.75) is 112 Å². The quantitative estimate of drug-likeness (QED) is 0.113. The summed E-state index contributed by atoms with van der Waals surface area (Å²) in [6.07, 6.45) is -1.28. The third kappa shape index (κ3) is 7.73. The first-order chi connectivity index (χ1) is 16.9. The van der Waals surface area contributed by atoms with Gasteiger partial charge in [-0.1, -0.05) is 25.7 Å². The lowest BCUT2D eigenvalue weighted by molar-refractivity contribution is -0.351. The van der Waals surface area contributed by atoms with Crippen LogP contribution in [0.1, 0.15) is 64.7 Å². The number of aliphatic carboxylic acids is 1. The lowest BCUT2D eigenvalue weighted by Gasteiger charge is -2.45. The van der Waals surface area contributed by atoms with Gasteiger partial charge >= 0.3 is 5.97 Å². The number of hydrogen-bond donors (Lipinski definition) is 7. The Hall–Kier alpha value is -1.54. The molecule has 0 aromatic carbocycles.